The van der Waals surface area contributed by atoms with Crippen LogP contribution < -0.4 is 15.4 Å². The number of alkyl carbamates (subject to hydrolysis) is 1. The van der Waals surface area contributed by atoms with Gasteiger partial charge >= 0.3 is 18.2 Å². The number of carbonyl (C=O) groups is 3. The van der Waals surface area contributed by atoms with E-state index in [1.165, 1.54) is 10.8 Å². The monoisotopic (exact) mass is 582 g/mol. The Labute approximate surface area is 231 Å². The molecule has 1 fully saturated rings. The highest BCUT2D eigenvalue weighted by Crippen LogP contribution is 2.27. The number of benzene rings is 1. The summed E-state index contributed by atoms with van der Waals surface area (Å²) in [6.07, 6.45) is -0.000625. The average molecular weight is 583 g/mol. The minimum atomic E-state index is -5.42. The summed E-state index contributed by atoms with van der Waals surface area (Å²) in [6, 6.07) is 4.41. The fourth-order valence-corrected chi connectivity index (χ4v) is 4.72. The fraction of sp³-hybridized carbons (Fsp3) is 0.407. The highest BCUT2D eigenvalue weighted by atomic mass is 19.4. The highest BCUT2D eigenvalue weighted by Gasteiger charge is 2.42. The zero-order chi connectivity index (χ0) is 29.7. The minimum Gasteiger partial charge on any atom is -0.489 e. The number of hydrogen-bond acceptors (Lipinski definition) is 6. The van der Waals surface area contributed by atoms with Crippen molar-refractivity contribution in [3.05, 3.63) is 65.1 Å². The summed E-state index contributed by atoms with van der Waals surface area (Å²) in [5, 5.41) is 4.38. The third-order valence-corrected chi connectivity index (χ3v) is 6.71. The Morgan fingerprint density at radius 3 is 2.54 bits per heavy atom. The maximum atomic E-state index is 14.6. The van der Waals surface area contributed by atoms with Gasteiger partial charge in [-0.05, 0) is 43.9 Å². The molecule has 0 saturated heterocycles. The molecular weight excluding hydrogens is 555 g/mol. The molecule has 1 aromatic carbocycles. The Kier molecular flexibility index (Phi) is 9.08. The van der Waals surface area contributed by atoms with Gasteiger partial charge in [-0.25, -0.2) is 23.4 Å². The number of aromatic nitrogens is 2. The fourth-order valence-electron chi connectivity index (χ4n) is 4.72. The highest BCUT2D eigenvalue weighted by molar-refractivity contribution is 5.95. The van der Waals surface area contributed by atoms with E-state index in [0.29, 0.717) is 30.0 Å². The molecule has 0 radical (unpaired) electrons. The third kappa shape index (κ3) is 7.30. The molecule has 1 aliphatic rings. The Morgan fingerprint density at radius 2 is 1.85 bits per heavy atom. The predicted molar refractivity (Wildman–Crippen MR) is 134 cm³/mol. The first-order valence-electron chi connectivity index (χ1n) is 12.9. The quantitative estimate of drug-likeness (QED) is 0.216. The minimum absolute atomic E-state index is 0.0467. The lowest BCUT2D eigenvalue weighted by atomic mass is 9.90. The van der Waals surface area contributed by atoms with Crippen molar-refractivity contribution in [2.75, 3.05) is 13.2 Å². The lowest BCUT2D eigenvalue weighted by Gasteiger charge is -2.22. The van der Waals surface area contributed by atoms with Crippen molar-refractivity contribution in [3.8, 4) is 5.75 Å². The number of nitrogens with one attached hydrogen (secondary N) is 2. The number of nitrogens with zero attached hydrogens (tertiary/aromatic N) is 2. The molecule has 3 aromatic rings. The van der Waals surface area contributed by atoms with Gasteiger partial charge in [-0.15, -0.1) is 0 Å². The van der Waals surface area contributed by atoms with Crippen molar-refractivity contribution in [2.24, 2.45) is 5.92 Å². The maximum Gasteiger partial charge on any atom is 0.491 e. The van der Waals surface area contributed by atoms with E-state index in [0.717, 1.165) is 37.8 Å². The molecule has 1 aliphatic carbocycles. The Bertz CT molecular complexity index is 1440. The second-order valence-electron chi connectivity index (χ2n) is 9.67. The van der Waals surface area contributed by atoms with Crippen LogP contribution in [0.2, 0.25) is 0 Å². The Hall–Kier alpha value is -4.23. The molecule has 0 spiro atoms. The third-order valence-electron chi connectivity index (χ3n) is 6.71. The Morgan fingerprint density at radius 1 is 1.12 bits per heavy atom. The van der Waals surface area contributed by atoms with Crippen LogP contribution in [0.1, 0.15) is 59.9 Å². The van der Waals surface area contributed by atoms with Crippen molar-refractivity contribution >= 4 is 23.6 Å². The van der Waals surface area contributed by atoms with Crippen LogP contribution in [0.4, 0.5) is 26.7 Å². The van der Waals surface area contributed by atoms with Gasteiger partial charge in [-0.3, -0.25) is 9.20 Å². The standard InChI is InChI=1S/C27H27F5N4O5/c1-15-22(36-11-5-8-21(23(36)34-15)40-14-16-6-3-2-4-7-16)24(37)35-20(18-10-9-17(28)12-19(18)29)13-33-26(39)41-25(38)27(30,31)32/h5,8-12,16,20H,2-4,6-7,13-14H2,1H3,(H,33,39)(H,35,37). The SMILES string of the molecule is Cc1nc2c(OCC3CCCCC3)cccn2c1C(=O)NC(CNC(=O)OC(=O)C(F)(F)F)c1ccc(F)cc1F. The topological polar surface area (TPSA) is 111 Å². The predicted octanol–water partition coefficient (Wildman–Crippen LogP) is 5.17. The summed E-state index contributed by atoms with van der Waals surface area (Å²) in [4.78, 5) is 40.6. The van der Waals surface area contributed by atoms with E-state index in [2.05, 4.69) is 15.0 Å². The zero-order valence-corrected chi connectivity index (χ0v) is 21.9. The second-order valence-corrected chi connectivity index (χ2v) is 9.67. The number of ether oxygens (including phenoxy) is 2. The molecule has 4 rings (SSSR count). The number of rotatable bonds is 8. The van der Waals surface area contributed by atoms with Crippen molar-refractivity contribution in [1.82, 2.24) is 20.0 Å². The molecule has 2 amide bonds. The first kappa shape index (κ1) is 29.7. The summed E-state index contributed by atoms with van der Waals surface area (Å²) < 4.78 is 76.6. The number of halogens is 5. The lowest BCUT2D eigenvalue weighted by molar-refractivity contribution is -0.192. The molecule has 9 nitrogen and oxygen atoms in total. The van der Waals surface area contributed by atoms with Crippen LogP contribution in [0, 0.1) is 24.5 Å². The molecular formula is C27H27F5N4O5. The number of alkyl halides is 3. The lowest BCUT2D eigenvalue weighted by Crippen LogP contribution is -2.40. The van der Waals surface area contributed by atoms with Gasteiger partial charge in [0.05, 0.1) is 18.3 Å². The summed E-state index contributed by atoms with van der Waals surface area (Å²) in [7, 11) is 0. The summed E-state index contributed by atoms with van der Waals surface area (Å²) in [5.41, 5.74) is 0.413. The van der Waals surface area contributed by atoms with Crippen LogP contribution in [0.3, 0.4) is 0 Å². The van der Waals surface area contributed by atoms with Gasteiger partial charge in [0.1, 0.15) is 17.3 Å². The van der Waals surface area contributed by atoms with E-state index in [1.807, 2.05) is 5.32 Å². The first-order valence-corrected chi connectivity index (χ1v) is 12.9. The number of aryl methyl sites for hydroxylation is 1. The van der Waals surface area contributed by atoms with Crippen molar-refractivity contribution < 1.29 is 45.8 Å². The van der Waals surface area contributed by atoms with Gasteiger partial charge in [0.15, 0.2) is 11.4 Å². The van der Waals surface area contributed by atoms with Crippen LogP contribution >= 0.6 is 0 Å². The molecule has 220 valence electrons. The molecule has 0 aliphatic heterocycles. The van der Waals surface area contributed by atoms with Gasteiger partial charge in [-0.1, -0.05) is 25.3 Å². The largest absolute Gasteiger partial charge is 0.491 e. The summed E-state index contributed by atoms with van der Waals surface area (Å²) in [6.45, 7) is 1.36. The van der Waals surface area contributed by atoms with Crippen LogP contribution in [0.5, 0.6) is 5.75 Å². The Balaban J connectivity index is 1.55. The summed E-state index contributed by atoms with van der Waals surface area (Å²) in [5.74, 6) is -4.68. The van der Waals surface area contributed by atoms with Gasteiger partial charge < -0.3 is 20.1 Å². The first-order chi connectivity index (χ1) is 19.4. The molecule has 2 heterocycles. The zero-order valence-electron chi connectivity index (χ0n) is 21.9. The van der Waals surface area contributed by atoms with E-state index in [-0.39, 0.29) is 17.0 Å². The van der Waals surface area contributed by atoms with Crippen LogP contribution in [-0.4, -0.2) is 46.7 Å². The van der Waals surface area contributed by atoms with E-state index in [4.69, 9.17) is 4.74 Å². The number of hydrogen-bond donors (Lipinski definition) is 2. The normalized spacial score (nSPS) is 14.9. The molecule has 14 heteroatoms. The second kappa shape index (κ2) is 12.5. The van der Waals surface area contributed by atoms with Crippen LogP contribution in [0.15, 0.2) is 36.5 Å². The molecule has 1 saturated carbocycles. The van der Waals surface area contributed by atoms with Crippen molar-refractivity contribution in [1.29, 1.82) is 0 Å². The van der Waals surface area contributed by atoms with E-state index < -0.39 is 48.4 Å². The van der Waals surface area contributed by atoms with Crippen molar-refractivity contribution in [3.63, 3.8) is 0 Å². The number of esters is 1. The molecule has 2 N–H and O–H groups in total. The molecule has 2 aromatic heterocycles. The number of imidazole rings is 1. The summed E-state index contributed by atoms with van der Waals surface area (Å²) >= 11 is 0. The smallest absolute Gasteiger partial charge is 0.489 e. The van der Waals surface area contributed by atoms with Crippen LogP contribution in [-0.2, 0) is 9.53 Å². The van der Waals surface area contributed by atoms with Gasteiger partial charge in [0, 0.05) is 24.4 Å². The van der Waals surface area contributed by atoms with E-state index >= 15 is 0 Å². The van der Waals surface area contributed by atoms with Crippen LogP contribution in [0.25, 0.3) is 5.65 Å². The van der Waals surface area contributed by atoms with E-state index in [9.17, 15) is 36.3 Å². The molecule has 1 unspecified atom stereocenters. The number of amides is 2. The number of carbonyl (C=O) groups excluding carboxylic acids is 3. The molecule has 1 atom stereocenters. The van der Waals surface area contributed by atoms with Gasteiger partial charge in [0.2, 0.25) is 0 Å². The molecule has 0 bridgehead atoms. The number of pyridine rings is 1. The van der Waals surface area contributed by atoms with Gasteiger partial charge in [-0.2, -0.15) is 13.2 Å². The number of fused-ring (bicyclic) bond motifs is 1. The van der Waals surface area contributed by atoms with Crippen molar-refractivity contribution in [2.45, 2.75) is 51.2 Å². The average Bonchev–Trinajstić information content (AvgIpc) is 3.26. The molecule has 41 heavy (non-hydrogen) atoms. The van der Waals surface area contributed by atoms with Gasteiger partial charge in [0.25, 0.3) is 5.91 Å². The van der Waals surface area contributed by atoms with E-state index in [1.54, 1.807) is 25.3 Å². The maximum absolute atomic E-state index is 14.6.